The minimum absolute atomic E-state index is 0.743. The number of hydrogen-bond acceptors (Lipinski definition) is 4. The smallest absolute Gasteiger partial charge is 0.162 e. The molecular weight excluding hydrogens is 318 g/mol. The van der Waals surface area contributed by atoms with E-state index in [1.807, 2.05) is 32.4 Å². The van der Waals surface area contributed by atoms with Gasteiger partial charge in [0, 0.05) is 12.1 Å². The van der Waals surface area contributed by atoms with E-state index in [1.165, 1.54) is 0 Å². The molecule has 2 rings (SSSR count). The van der Waals surface area contributed by atoms with Gasteiger partial charge in [0.05, 0.1) is 15.9 Å². The molecule has 0 amide bonds. The molecule has 20 heavy (non-hydrogen) atoms. The molecule has 0 saturated heterocycles. The van der Waals surface area contributed by atoms with Gasteiger partial charge >= 0.3 is 0 Å². The number of rotatable bonds is 4. The fraction of sp³-hybridized carbons (Fsp3) is 0.500. The number of nitrogens with one attached hydrogen (secondary N) is 1. The lowest BCUT2D eigenvalue weighted by Gasteiger charge is -2.13. The van der Waals surface area contributed by atoms with Crippen molar-refractivity contribution in [1.29, 1.82) is 0 Å². The fourth-order valence-electron chi connectivity index (χ4n) is 2.07. The average Bonchev–Trinajstić information content (AvgIpc) is 2.67. The van der Waals surface area contributed by atoms with Gasteiger partial charge < -0.3 is 5.32 Å². The Hall–Kier alpha value is -1.43. The van der Waals surface area contributed by atoms with Crippen LogP contribution in [0.4, 0.5) is 5.82 Å². The molecule has 0 spiro atoms. The van der Waals surface area contributed by atoms with Crippen LogP contribution in [0.3, 0.4) is 0 Å². The molecule has 0 atom stereocenters. The summed E-state index contributed by atoms with van der Waals surface area (Å²) in [6.45, 7) is 11.0. The highest BCUT2D eigenvalue weighted by Gasteiger charge is 2.16. The van der Waals surface area contributed by atoms with Crippen molar-refractivity contribution in [3.8, 4) is 5.82 Å². The molecule has 6 heteroatoms. The van der Waals surface area contributed by atoms with Gasteiger partial charge in [0.2, 0.25) is 0 Å². The van der Waals surface area contributed by atoms with Crippen LogP contribution in [0.5, 0.6) is 0 Å². The third kappa shape index (κ3) is 2.70. The van der Waals surface area contributed by atoms with Crippen LogP contribution < -0.4 is 5.32 Å². The van der Waals surface area contributed by atoms with Crippen LogP contribution in [-0.4, -0.2) is 26.3 Å². The summed E-state index contributed by atoms with van der Waals surface area (Å²) in [7, 11) is 0. The molecule has 2 aromatic rings. The SMILES string of the molecule is CCCNc1nc(C)nc(-n2nc(C)c(Br)c2C)c1C. The Morgan fingerprint density at radius 3 is 2.40 bits per heavy atom. The molecule has 0 unspecified atom stereocenters. The molecule has 2 aromatic heterocycles. The van der Waals surface area contributed by atoms with E-state index in [9.17, 15) is 0 Å². The summed E-state index contributed by atoms with van der Waals surface area (Å²) < 4.78 is 2.90. The molecule has 5 nitrogen and oxygen atoms in total. The monoisotopic (exact) mass is 337 g/mol. The van der Waals surface area contributed by atoms with E-state index in [1.54, 1.807) is 0 Å². The number of nitrogens with zero attached hydrogens (tertiary/aromatic N) is 4. The molecule has 0 fully saturated rings. The summed E-state index contributed by atoms with van der Waals surface area (Å²) in [6, 6.07) is 0. The maximum absolute atomic E-state index is 4.56. The molecule has 2 heterocycles. The van der Waals surface area contributed by atoms with Gasteiger partial charge in [-0.05, 0) is 50.0 Å². The lowest BCUT2D eigenvalue weighted by Crippen LogP contribution is -2.12. The first-order valence-corrected chi connectivity index (χ1v) is 7.56. The molecular formula is C14H20BrN5. The Morgan fingerprint density at radius 2 is 1.85 bits per heavy atom. The zero-order valence-corrected chi connectivity index (χ0v) is 14.2. The van der Waals surface area contributed by atoms with E-state index in [0.717, 1.165) is 51.8 Å². The molecule has 1 N–H and O–H groups in total. The van der Waals surface area contributed by atoms with Crippen molar-refractivity contribution >= 4 is 21.7 Å². The molecule has 0 aliphatic rings. The summed E-state index contributed by atoms with van der Waals surface area (Å²) in [6.07, 6.45) is 1.06. The third-order valence-electron chi connectivity index (χ3n) is 3.18. The van der Waals surface area contributed by atoms with Gasteiger partial charge in [-0.2, -0.15) is 5.10 Å². The van der Waals surface area contributed by atoms with E-state index in [4.69, 9.17) is 0 Å². The van der Waals surface area contributed by atoms with Crippen LogP contribution in [0, 0.1) is 27.7 Å². The summed E-state index contributed by atoms with van der Waals surface area (Å²) in [5.41, 5.74) is 3.02. The van der Waals surface area contributed by atoms with E-state index < -0.39 is 0 Å². The van der Waals surface area contributed by atoms with Crippen molar-refractivity contribution in [2.45, 2.75) is 41.0 Å². The molecule has 0 aliphatic carbocycles. The minimum Gasteiger partial charge on any atom is -0.370 e. The highest BCUT2D eigenvalue weighted by atomic mass is 79.9. The predicted octanol–water partition coefficient (Wildman–Crippen LogP) is 3.48. The van der Waals surface area contributed by atoms with Gasteiger partial charge in [-0.3, -0.25) is 0 Å². The predicted molar refractivity (Wildman–Crippen MR) is 84.6 cm³/mol. The Balaban J connectivity index is 2.56. The number of aromatic nitrogens is 4. The first-order valence-electron chi connectivity index (χ1n) is 6.76. The zero-order valence-electron chi connectivity index (χ0n) is 12.6. The fourth-order valence-corrected chi connectivity index (χ4v) is 2.31. The normalized spacial score (nSPS) is 10.9. The van der Waals surface area contributed by atoms with Gasteiger partial charge in [-0.15, -0.1) is 0 Å². The second-order valence-electron chi connectivity index (χ2n) is 4.89. The third-order valence-corrected chi connectivity index (χ3v) is 4.33. The van der Waals surface area contributed by atoms with Crippen molar-refractivity contribution in [2.24, 2.45) is 0 Å². The summed E-state index contributed by atoms with van der Waals surface area (Å²) in [5, 5.41) is 7.91. The number of anilines is 1. The van der Waals surface area contributed by atoms with Crippen LogP contribution in [0.15, 0.2) is 4.47 Å². The maximum atomic E-state index is 4.56. The van der Waals surface area contributed by atoms with E-state index in [-0.39, 0.29) is 0 Å². The molecule has 0 radical (unpaired) electrons. The van der Waals surface area contributed by atoms with Crippen LogP contribution in [0.2, 0.25) is 0 Å². The summed E-state index contributed by atoms with van der Waals surface area (Å²) in [4.78, 5) is 9.04. The zero-order chi connectivity index (χ0) is 14.9. The highest BCUT2D eigenvalue weighted by Crippen LogP contribution is 2.25. The second kappa shape index (κ2) is 5.91. The van der Waals surface area contributed by atoms with Gasteiger partial charge in [0.15, 0.2) is 5.82 Å². The second-order valence-corrected chi connectivity index (χ2v) is 5.68. The summed E-state index contributed by atoms with van der Waals surface area (Å²) in [5.74, 6) is 2.47. The Bertz CT molecular complexity index is 633. The highest BCUT2D eigenvalue weighted by molar-refractivity contribution is 9.10. The van der Waals surface area contributed by atoms with Crippen LogP contribution in [0.1, 0.15) is 36.1 Å². The molecule has 0 aromatic carbocycles. The molecule has 108 valence electrons. The van der Waals surface area contributed by atoms with E-state index in [2.05, 4.69) is 43.2 Å². The molecule has 0 aliphatic heterocycles. The Labute approximate surface area is 128 Å². The first kappa shape index (κ1) is 15.0. The number of aryl methyl sites for hydroxylation is 2. The minimum atomic E-state index is 0.743. The van der Waals surface area contributed by atoms with Crippen molar-refractivity contribution in [3.05, 3.63) is 27.2 Å². The van der Waals surface area contributed by atoms with E-state index >= 15 is 0 Å². The van der Waals surface area contributed by atoms with Crippen molar-refractivity contribution in [3.63, 3.8) is 0 Å². The Morgan fingerprint density at radius 1 is 1.15 bits per heavy atom. The molecule has 0 saturated carbocycles. The maximum Gasteiger partial charge on any atom is 0.162 e. The number of hydrogen-bond donors (Lipinski definition) is 1. The van der Waals surface area contributed by atoms with Gasteiger partial charge in [0.1, 0.15) is 11.6 Å². The molecule has 0 bridgehead atoms. The average molecular weight is 338 g/mol. The van der Waals surface area contributed by atoms with Crippen LogP contribution in [0.25, 0.3) is 5.82 Å². The largest absolute Gasteiger partial charge is 0.370 e. The van der Waals surface area contributed by atoms with Gasteiger partial charge in [-0.1, -0.05) is 6.92 Å². The lowest BCUT2D eigenvalue weighted by molar-refractivity contribution is 0.783. The lowest BCUT2D eigenvalue weighted by atomic mass is 10.3. The van der Waals surface area contributed by atoms with Gasteiger partial charge in [-0.25, -0.2) is 14.6 Å². The summed E-state index contributed by atoms with van der Waals surface area (Å²) >= 11 is 3.56. The number of halogens is 1. The topological polar surface area (TPSA) is 55.6 Å². The quantitative estimate of drug-likeness (QED) is 0.927. The standard InChI is InChI=1S/C14H20BrN5/c1-6-7-16-13-8(2)14(18-11(5)17-13)20-10(4)12(15)9(3)19-20/h6-7H2,1-5H3,(H,16,17,18). The van der Waals surface area contributed by atoms with Crippen molar-refractivity contribution in [2.75, 3.05) is 11.9 Å². The van der Waals surface area contributed by atoms with Crippen LogP contribution >= 0.6 is 15.9 Å². The van der Waals surface area contributed by atoms with Crippen LogP contribution in [-0.2, 0) is 0 Å². The van der Waals surface area contributed by atoms with Crippen molar-refractivity contribution < 1.29 is 0 Å². The first-order chi connectivity index (χ1) is 9.45. The van der Waals surface area contributed by atoms with Crippen molar-refractivity contribution in [1.82, 2.24) is 19.7 Å². The van der Waals surface area contributed by atoms with E-state index in [0.29, 0.717) is 0 Å². The Kier molecular flexibility index (Phi) is 4.42. The van der Waals surface area contributed by atoms with Gasteiger partial charge in [0.25, 0.3) is 0 Å².